The minimum atomic E-state index is -0.0695. The van der Waals surface area contributed by atoms with Crippen molar-refractivity contribution >= 4 is 28.4 Å². The van der Waals surface area contributed by atoms with Crippen molar-refractivity contribution in [3.05, 3.63) is 60.3 Å². The summed E-state index contributed by atoms with van der Waals surface area (Å²) in [6, 6.07) is 15.8. The Morgan fingerprint density at radius 3 is 2.42 bits per heavy atom. The first-order valence-corrected chi connectivity index (χ1v) is 8.87. The Morgan fingerprint density at radius 1 is 1.00 bits per heavy atom. The maximum Gasteiger partial charge on any atom is 0.259 e. The molecule has 3 rings (SSSR count). The number of aromatic nitrogens is 2. The van der Waals surface area contributed by atoms with Crippen molar-refractivity contribution in [2.24, 2.45) is 0 Å². The third kappa shape index (κ3) is 3.82. The summed E-state index contributed by atoms with van der Waals surface area (Å²) >= 11 is 0. The first-order valence-electron chi connectivity index (χ1n) is 8.87. The van der Waals surface area contributed by atoms with Crippen molar-refractivity contribution in [3.63, 3.8) is 0 Å². The monoisotopic (exact) mass is 348 g/mol. The van der Waals surface area contributed by atoms with Gasteiger partial charge in [-0.2, -0.15) is 4.98 Å². The van der Waals surface area contributed by atoms with Crippen LogP contribution in [0.15, 0.2) is 54.7 Å². The van der Waals surface area contributed by atoms with E-state index in [1.54, 1.807) is 17.2 Å². The number of carbonyl (C=O) groups excluding carboxylic acids is 1. The minimum Gasteiger partial charge on any atom is -0.352 e. The zero-order chi connectivity index (χ0) is 18.7. The number of benzene rings is 2. The van der Waals surface area contributed by atoms with E-state index in [2.05, 4.69) is 15.3 Å². The molecule has 1 N–H and O–H groups in total. The van der Waals surface area contributed by atoms with Gasteiger partial charge in [0.1, 0.15) is 5.82 Å². The van der Waals surface area contributed by atoms with E-state index < -0.39 is 0 Å². The van der Waals surface area contributed by atoms with Crippen molar-refractivity contribution in [3.8, 4) is 0 Å². The summed E-state index contributed by atoms with van der Waals surface area (Å²) < 4.78 is 0. The fourth-order valence-corrected chi connectivity index (χ4v) is 2.88. The zero-order valence-corrected chi connectivity index (χ0v) is 15.6. The first-order chi connectivity index (χ1) is 12.5. The van der Waals surface area contributed by atoms with Gasteiger partial charge < -0.3 is 5.32 Å². The number of amides is 1. The molecule has 0 unspecified atom stereocenters. The molecule has 2 aromatic carbocycles. The molecule has 0 aliphatic heterocycles. The number of nitrogens with one attached hydrogen (secondary N) is 1. The Kier molecular flexibility index (Phi) is 5.16. The minimum absolute atomic E-state index is 0.0317. The van der Waals surface area contributed by atoms with Gasteiger partial charge in [0.25, 0.3) is 5.91 Å². The highest BCUT2D eigenvalue weighted by Crippen LogP contribution is 2.22. The zero-order valence-electron chi connectivity index (χ0n) is 15.6. The lowest BCUT2D eigenvalue weighted by Gasteiger charge is -2.26. The van der Waals surface area contributed by atoms with E-state index in [1.807, 2.05) is 70.2 Å². The van der Waals surface area contributed by atoms with Gasteiger partial charge in [-0.25, -0.2) is 4.98 Å². The average Bonchev–Trinajstić information content (AvgIpc) is 2.61. The lowest BCUT2D eigenvalue weighted by Crippen LogP contribution is -2.37. The van der Waals surface area contributed by atoms with Crippen LogP contribution < -0.4 is 10.2 Å². The smallest absolute Gasteiger partial charge is 0.259 e. The Labute approximate surface area is 154 Å². The Hall–Kier alpha value is -2.95. The average molecular weight is 348 g/mol. The summed E-state index contributed by atoms with van der Waals surface area (Å²) in [5.41, 5.74) is 0.648. The van der Waals surface area contributed by atoms with Crippen molar-refractivity contribution in [2.45, 2.75) is 39.8 Å². The predicted molar refractivity (Wildman–Crippen MR) is 107 cm³/mol. The van der Waals surface area contributed by atoms with Crippen molar-refractivity contribution in [1.29, 1.82) is 0 Å². The highest BCUT2D eigenvalue weighted by atomic mass is 16.2. The van der Waals surface area contributed by atoms with Gasteiger partial charge in [0.05, 0.1) is 0 Å². The van der Waals surface area contributed by atoms with Crippen LogP contribution in [0, 0.1) is 0 Å². The molecular weight excluding hydrogens is 324 g/mol. The first kappa shape index (κ1) is 17.9. The molecule has 0 aliphatic rings. The fraction of sp³-hybridized carbons (Fsp3) is 0.286. The standard InChI is InChI=1S/C21H24N4O/c1-14(2)23-21-22-12-11-19(24-21)25(15(3)4)20(26)18-10-9-16-7-5-6-8-17(16)13-18/h5-15H,1-4H3,(H,22,23,24). The van der Waals surface area contributed by atoms with Gasteiger partial charge in [0.15, 0.2) is 0 Å². The molecule has 0 radical (unpaired) electrons. The molecule has 5 nitrogen and oxygen atoms in total. The van der Waals surface area contributed by atoms with Crippen LogP contribution >= 0.6 is 0 Å². The Balaban J connectivity index is 1.97. The number of hydrogen-bond acceptors (Lipinski definition) is 4. The maximum atomic E-state index is 13.2. The lowest BCUT2D eigenvalue weighted by molar-refractivity contribution is 0.0979. The highest BCUT2D eigenvalue weighted by Gasteiger charge is 2.22. The molecule has 0 bridgehead atoms. The van der Waals surface area contributed by atoms with Crippen LogP contribution in [0.5, 0.6) is 0 Å². The van der Waals surface area contributed by atoms with Gasteiger partial charge in [0, 0.05) is 23.8 Å². The van der Waals surface area contributed by atoms with Crippen molar-refractivity contribution < 1.29 is 4.79 Å². The van der Waals surface area contributed by atoms with Crippen LogP contribution in [-0.2, 0) is 0 Å². The summed E-state index contributed by atoms with van der Waals surface area (Å²) in [5, 5.41) is 5.35. The second kappa shape index (κ2) is 7.52. The number of fused-ring (bicyclic) bond motifs is 1. The van der Waals surface area contributed by atoms with E-state index in [4.69, 9.17) is 0 Å². The van der Waals surface area contributed by atoms with Crippen molar-refractivity contribution in [1.82, 2.24) is 9.97 Å². The normalized spacial score (nSPS) is 11.2. The predicted octanol–water partition coefficient (Wildman–Crippen LogP) is 4.51. The molecule has 134 valence electrons. The van der Waals surface area contributed by atoms with Crippen LogP contribution in [0.1, 0.15) is 38.1 Å². The number of rotatable bonds is 5. The van der Waals surface area contributed by atoms with E-state index in [9.17, 15) is 4.79 Å². The van der Waals surface area contributed by atoms with Crippen LogP contribution in [0.25, 0.3) is 10.8 Å². The number of nitrogens with zero attached hydrogens (tertiary/aromatic N) is 3. The maximum absolute atomic E-state index is 13.2. The number of carbonyl (C=O) groups is 1. The summed E-state index contributed by atoms with van der Waals surface area (Å²) in [7, 11) is 0. The third-order valence-corrected chi connectivity index (χ3v) is 4.04. The Bertz CT molecular complexity index is 921. The molecule has 1 heterocycles. The van der Waals surface area contributed by atoms with E-state index in [1.165, 1.54) is 0 Å². The van der Waals surface area contributed by atoms with Crippen molar-refractivity contribution in [2.75, 3.05) is 10.2 Å². The lowest BCUT2D eigenvalue weighted by atomic mass is 10.1. The molecule has 0 atom stereocenters. The van der Waals surface area contributed by atoms with Crippen LogP contribution in [-0.4, -0.2) is 28.0 Å². The molecule has 0 saturated heterocycles. The van der Waals surface area contributed by atoms with Crippen LogP contribution in [0.3, 0.4) is 0 Å². The van der Waals surface area contributed by atoms with Crippen LogP contribution in [0.2, 0.25) is 0 Å². The topological polar surface area (TPSA) is 58.1 Å². The molecular formula is C21H24N4O. The van der Waals surface area contributed by atoms with Gasteiger partial charge in [-0.3, -0.25) is 9.69 Å². The van der Waals surface area contributed by atoms with Gasteiger partial charge in [-0.1, -0.05) is 30.3 Å². The quantitative estimate of drug-likeness (QED) is 0.737. The Morgan fingerprint density at radius 2 is 1.73 bits per heavy atom. The summed E-state index contributed by atoms with van der Waals surface area (Å²) in [6.45, 7) is 8.01. The molecule has 5 heteroatoms. The molecule has 26 heavy (non-hydrogen) atoms. The van der Waals surface area contributed by atoms with Crippen LogP contribution in [0.4, 0.5) is 11.8 Å². The molecule has 0 saturated carbocycles. The van der Waals surface area contributed by atoms with E-state index in [0.717, 1.165) is 10.8 Å². The van der Waals surface area contributed by atoms with E-state index in [-0.39, 0.29) is 18.0 Å². The largest absolute Gasteiger partial charge is 0.352 e. The molecule has 0 spiro atoms. The SMILES string of the molecule is CC(C)Nc1nccc(N(C(=O)c2ccc3ccccc3c2)C(C)C)n1. The second-order valence-corrected chi connectivity index (χ2v) is 6.87. The summed E-state index contributed by atoms with van der Waals surface area (Å²) in [5.74, 6) is 1.05. The van der Waals surface area contributed by atoms with Gasteiger partial charge in [0.2, 0.25) is 5.95 Å². The van der Waals surface area contributed by atoms with Gasteiger partial charge in [-0.05, 0) is 56.7 Å². The summed E-state index contributed by atoms with van der Waals surface area (Å²) in [6.07, 6.45) is 1.68. The molecule has 0 fully saturated rings. The van der Waals surface area contributed by atoms with E-state index in [0.29, 0.717) is 17.3 Å². The number of anilines is 2. The summed E-state index contributed by atoms with van der Waals surface area (Å²) in [4.78, 5) is 23.7. The molecule has 0 aliphatic carbocycles. The fourth-order valence-electron chi connectivity index (χ4n) is 2.88. The number of hydrogen-bond donors (Lipinski definition) is 1. The highest BCUT2D eigenvalue weighted by molar-refractivity contribution is 6.07. The molecule has 1 aromatic heterocycles. The molecule has 1 amide bonds. The van der Waals surface area contributed by atoms with E-state index >= 15 is 0 Å². The van der Waals surface area contributed by atoms with Gasteiger partial charge in [-0.15, -0.1) is 0 Å². The second-order valence-electron chi connectivity index (χ2n) is 6.87. The third-order valence-electron chi connectivity index (χ3n) is 4.04. The molecule has 3 aromatic rings. The van der Waals surface area contributed by atoms with Gasteiger partial charge >= 0.3 is 0 Å².